The molecule has 2 N–H and O–H groups in total. The number of hydrogen-bond donors (Lipinski definition) is 2. The van der Waals surface area contributed by atoms with Crippen LogP contribution in [0.3, 0.4) is 0 Å². The molecule has 0 amide bonds. The zero-order valence-electron chi connectivity index (χ0n) is 11.9. The summed E-state index contributed by atoms with van der Waals surface area (Å²) in [6.07, 6.45) is 2.02. The van der Waals surface area contributed by atoms with E-state index in [9.17, 15) is 4.21 Å². The van der Waals surface area contributed by atoms with Crippen LogP contribution in [0.2, 0.25) is 0 Å². The van der Waals surface area contributed by atoms with E-state index in [2.05, 4.69) is 17.0 Å². The zero-order valence-corrected chi connectivity index (χ0v) is 12.7. The van der Waals surface area contributed by atoms with Crippen LogP contribution in [0.4, 0.5) is 0 Å². The lowest BCUT2D eigenvalue weighted by Gasteiger charge is -2.39. The monoisotopic (exact) mass is 274 g/mol. The molecule has 106 valence electrons. The molecule has 4 nitrogen and oxygen atoms in total. The molecule has 2 rings (SSSR count). The maximum Gasteiger partial charge on any atom is 0.0973 e. The summed E-state index contributed by atoms with van der Waals surface area (Å²) >= 11 is 0. The van der Waals surface area contributed by atoms with Crippen LogP contribution >= 0.6 is 0 Å². The van der Waals surface area contributed by atoms with Gasteiger partial charge in [0, 0.05) is 0 Å². The number of rotatable bonds is 2. The molecule has 0 aromatic carbocycles. The summed E-state index contributed by atoms with van der Waals surface area (Å²) in [6, 6.07) is 0.208. The zero-order chi connectivity index (χ0) is 13.4. The first-order valence-electron chi connectivity index (χ1n) is 6.88. The van der Waals surface area contributed by atoms with Gasteiger partial charge in [-0.25, -0.2) is 8.93 Å². The molecule has 0 saturated carbocycles. The van der Waals surface area contributed by atoms with Gasteiger partial charge in [-0.3, -0.25) is 0 Å². The van der Waals surface area contributed by atoms with Crippen LogP contribution in [0.1, 0.15) is 40.5 Å². The van der Waals surface area contributed by atoms with Crippen LogP contribution in [0.5, 0.6) is 0 Å². The number of ether oxygens (including phenoxy) is 1. The van der Waals surface area contributed by atoms with Crippen LogP contribution in [-0.2, 0) is 15.7 Å². The molecule has 0 aromatic heterocycles. The summed E-state index contributed by atoms with van der Waals surface area (Å²) in [5.74, 6) is 0.425. The Morgan fingerprint density at radius 1 is 1.33 bits per heavy atom. The van der Waals surface area contributed by atoms with Gasteiger partial charge < -0.3 is 10.1 Å². The Labute approximate surface area is 113 Å². The highest BCUT2D eigenvalue weighted by atomic mass is 32.2. The first-order valence-corrected chi connectivity index (χ1v) is 8.03. The predicted molar refractivity (Wildman–Crippen MR) is 74.8 cm³/mol. The van der Waals surface area contributed by atoms with Crippen molar-refractivity contribution >= 4 is 11.0 Å². The topological polar surface area (TPSA) is 50.4 Å². The molecule has 0 unspecified atom stereocenters. The Morgan fingerprint density at radius 2 is 1.94 bits per heavy atom. The molecule has 0 aliphatic carbocycles. The molecular formula is C13H26N2O2S. The van der Waals surface area contributed by atoms with Crippen molar-refractivity contribution in [2.45, 2.75) is 56.9 Å². The Morgan fingerprint density at radius 3 is 2.50 bits per heavy atom. The fourth-order valence-corrected chi connectivity index (χ4v) is 3.85. The van der Waals surface area contributed by atoms with Gasteiger partial charge in [0.2, 0.25) is 0 Å². The van der Waals surface area contributed by atoms with E-state index in [1.54, 1.807) is 0 Å². The second-order valence-corrected chi connectivity index (χ2v) is 8.58. The van der Waals surface area contributed by atoms with E-state index < -0.39 is 11.0 Å². The van der Waals surface area contributed by atoms with Crippen molar-refractivity contribution in [2.75, 3.05) is 19.7 Å². The average molecular weight is 274 g/mol. The molecule has 5 heteroatoms. The molecular weight excluding hydrogens is 248 g/mol. The number of hydrogen-bond acceptors (Lipinski definition) is 3. The third-order valence-electron chi connectivity index (χ3n) is 4.01. The van der Waals surface area contributed by atoms with Crippen molar-refractivity contribution in [1.29, 1.82) is 0 Å². The van der Waals surface area contributed by atoms with E-state index in [0.29, 0.717) is 5.92 Å². The van der Waals surface area contributed by atoms with Crippen molar-refractivity contribution < 1.29 is 8.95 Å². The molecule has 0 bridgehead atoms. The Bertz CT molecular complexity index is 316. The quantitative estimate of drug-likeness (QED) is 0.795. The molecule has 2 saturated heterocycles. The van der Waals surface area contributed by atoms with Gasteiger partial charge in [-0.1, -0.05) is 6.92 Å². The molecule has 3 atom stereocenters. The van der Waals surface area contributed by atoms with Gasteiger partial charge in [-0.15, -0.1) is 0 Å². The van der Waals surface area contributed by atoms with Gasteiger partial charge in [0.25, 0.3) is 0 Å². The van der Waals surface area contributed by atoms with E-state index in [4.69, 9.17) is 4.74 Å². The van der Waals surface area contributed by atoms with Gasteiger partial charge >= 0.3 is 0 Å². The maximum atomic E-state index is 12.3. The van der Waals surface area contributed by atoms with Crippen molar-refractivity contribution in [3.8, 4) is 0 Å². The summed E-state index contributed by atoms with van der Waals surface area (Å²) in [5.41, 5.74) is -0.106. The lowest BCUT2D eigenvalue weighted by Crippen LogP contribution is -2.57. The van der Waals surface area contributed by atoms with E-state index >= 15 is 0 Å². The summed E-state index contributed by atoms with van der Waals surface area (Å²) in [4.78, 5) is 0. The smallest absolute Gasteiger partial charge is 0.0973 e. The summed E-state index contributed by atoms with van der Waals surface area (Å²) in [6.45, 7) is 11.0. The summed E-state index contributed by atoms with van der Waals surface area (Å²) in [5, 5.41) is 3.37. The molecule has 2 fully saturated rings. The van der Waals surface area contributed by atoms with Gasteiger partial charge in [0.05, 0.1) is 34.0 Å². The highest BCUT2D eigenvalue weighted by Gasteiger charge is 2.49. The van der Waals surface area contributed by atoms with Gasteiger partial charge in [0.15, 0.2) is 0 Å². The summed E-state index contributed by atoms with van der Waals surface area (Å²) in [7, 11) is -1.03. The highest BCUT2D eigenvalue weighted by Crippen LogP contribution is 2.37. The van der Waals surface area contributed by atoms with Crippen molar-refractivity contribution in [3.63, 3.8) is 0 Å². The molecule has 2 aliphatic heterocycles. The van der Waals surface area contributed by atoms with Crippen LogP contribution in [0.25, 0.3) is 0 Å². The van der Waals surface area contributed by atoms with E-state index in [1.807, 2.05) is 20.8 Å². The third-order valence-corrected chi connectivity index (χ3v) is 5.59. The molecule has 1 spiro atoms. The Kier molecular flexibility index (Phi) is 4.17. The van der Waals surface area contributed by atoms with Crippen molar-refractivity contribution in [3.05, 3.63) is 0 Å². The first-order chi connectivity index (χ1) is 8.35. The lowest BCUT2D eigenvalue weighted by atomic mass is 9.82. The lowest BCUT2D eigenvalue weighted by molar-refractivity contribution is -0.0299. The van der Waals surface area contributed by atoms with Gasteiger partial charge in [0.1, 0.15) is 0 Å². The van der Waals surface area contributed by atoms with E-state index in [0.717, 1.165) is 32.5 Å². The van der Waals surface area contributed by atoms with Crippen LogP contribution in [0, 0.1) is 5.92 Å². The van der Waals surface area contributed by atoms with Crippen molar-refractivity contribution in [2.24, 2.45) is 5.92 Å². The van der Waals surface area contributed by atoms with Gasteiger partial charge in [-0.2, -0.15) is 0 Å². The van der Waals surface area contributed by atoms with E-state index in [1.165, 1.54) is 0 Å². The van der Waals surface area contributed by atoms with Crippen molar-refractivity contribution in [1.82, 2.24) is 10.0 Å². The van der Waals surface area contributed by atoms with Gasteiger partial charge in [-0.05, 0) is 52.6 Å². The molecule has 0 radical (unpaired) electrons. The van der Waals surface area contributed by atoms with E-state index in [-0.39, 0.29) is 16.4 Å². The fourth-order valence-electron chi connectivity index (χ4n) is 2.82. The van der Waals surface area contributed by atoms with Crippen LogP contribution in [-0.4, -0.2) is 40.3 Å². The largest absolute Gasteiger partial charge is 0.373 e. The van der Waals surface area contributed by atoms with Crippen LogP contribution < -0.4 is 10.0 Å². The minimum Gasteiger partial charge on any atom is -0.373 e. The second kappa shape index (κ2) is 5.19. The fraction of sp³-hybridized carbons (Fsp3) is 1.00. The first kappa shape index (κ1) is 14.4. The maximum absolute atomic E-state index is 12.3. The Hall–Kier alpha value is 0.0300. The number of nitrogens with one attached hydrogen (secondary N) is 2. The third kappa shape index (κ3) is 2.79. The minimum absolute atomic E-state index is 0.106. The molecule has 0 aromatic rings. The predicted octanol–water partition coefficient (Wildman–Crippen LogP) is 1.20. The molecule has 18 heavy (non-hydrogen) atoms. The molecule has 2 aliphatic rings. The summed E-state index contributed by atoms with van der Waals surface area (Å²) < 4.78 is 21.5. The normalized spacial score (nSPS) is 33.8. The minimum atomic E-state index is -1.03. The van der Waals surface area contributed by atoms with Crippen LogP contribution in [0.15, 0.2) is 0 Å². The standard InChI is InChI=1S/C13H26N2O2S/c1-10-9-17-13(5-7-14-8-6-13)11(10)15-18(16)12(2,3)4/h10-11,14-15H,5-9H2,1-4H3/t10-,11-,18-/m1/s1. The SMILES string of the molecule is C[C@@H]1COC2(CCNCC2)[C@@H]1N[S@](=O)C(C)(C)C. The highest BCUT2D eigenvalue weighted by molar-refractivity contribution is 7.84. The number of piperidine rings is 1. The average Bonchev–Trinajstić information content (AvgIpc) is 2.58. The second-order valence-electron chi connectivity index (χ2n) is 6.58. The Balaban J connectivity index is 2.10. The molecule has 2 heterocycles.